The summed E-state index contributed by atoms with van der Waals surface area (Å²) in [5.41, 5.74) is 2.37. The average molecular weight is 267 g/mol. The molecule has 0 unspecified atom stereocenters. The summed E-state index contributed by atoms with van der Waals surface area (Å²) in [6, 6.07) is 6.31. The second-order valence-corrected chi connectivity index (χ2v) is 5.47. The van der Waals surface area contributed by atoms with Gasteiger partial charge in [0.25, 0.3) is 0 Å². The van der Waals surface area contributed by atoms with Crippen LogP contribution < -0.4 is 4.90 Å². The second-order valence-electron chi connectivity index (χ2n) is 5.09. The minimum Gasteiger partial charge on any atom is -0.368 e. The van der Waals surface area contributed by atoms with E-state index >= 15 is 0 Å². The van der Waals surface area contributed by atoms with Gasteiger partial charge in [-0.15, -0.1) is 0 Å². The monoisotopic (exact) mass is 266 g/mol. The molecular formula is C15H23ClN2. The fraction of sp³-hybridized carbons (Fsp3) is 0.600. The third-order valence-corrected chi connectivity index (χ3v) is 4.20. The molecular weight excluding hydrogens is 244 g/mol. The number of aryl methyl sites for hydroxylation is 1. The molecule has 0 N–H and O–H groups in total. The van der Waals surface area contributed by atoms with E-state index in [-0.39, 0.29) is 0 Å². The first-order chi connectivity index (χ1) is 8.72. The number of nitrogens with zero attached hydrogens (tertiary/aromatic N) is 2. The number of piperazine rings is 1. The summed E-state index contributed by atoms with van der Waals surface area (Å²) >= 11 is 6.39. The van der Waals surface area contributed by atoms with Crippen LogP contribution >= 0.6 is 11.6 Å². The van der Waals surface area contributed by atoms with Crippen LogP contribution in [0.3, 0.4) is 0 Å². The summed E-state index contributed by atoms with van der Waals surface area (Å²) in [5.74, 6) is 0. The maximum Gasteiger partial charge on any atom is 0.0668 e. The summed E-state index contributed by atoms with van der Waals surface area (Å²) in [7, 11) is 0. The Morgan fingerprint density at radius 3 is 2.56 bits per heavy atom. The van der Waals surface area contributed by atoms with Crippen LogP contribution in [0.5, 0.6) is 0 Å². The van der Waals surface area contributed by atoms with Gasteiger partial charge in [0.2, 0.25) is 0 Å². The Kier molecular flexibility index (Phi) is 4.90. The van der Waals surface area contributed by atoms with E-state index in [4.69, 9.17) is 11.6 Å². The van der Waals surface area contributed by atoms with Crippen molar-refractivity contribution in [2.45, 2.75) is 26.7 Å². The van der Waals surface area contributed by atoms with Crippen molar-refractivity contribution in [3.63, 3.8) is 0 Å². The van der Waals surface area contributed by atoms with E-state index in [2.05, 4.69) is 41.8 Å². The Balaban J connectivity index is 1.95. The summed E-state index contributed by atoms with van der Waals surface area (Å²) in [4.78, 5) is 4.97. The Bertz CT molecular complexity index is 384. The number of benzene rings is 1. The lowest BCUT2D eigenvalue weighted by molar-refractivity contribution is 0.254. The normalized spacial score (nSPS) is 17.2. The van der Waals surface area contributed by atoms with Crippen LogP contribution in [0.1, 0.15) is 25.3 Å². The Hall–Kier alpha value is -0.730. The van der Waals surface area contributed by atoms with Crippen LogP contribution in [0, 0.1) is 6.92 Å². The zero-order valence-electron chi connectivity index (χ0n) is 11.5. The highest BCUT2D eigenvalue weighted by molar-refractivity contribution is 6.34. The SMILES string of the molecule is CCCCN1CCN(c2cccc(C)c2Cl)CC1. The van der Waals surface area contributed by atoms with E-state index < -0.39 is 0 Å². The van der Waals surface area contributed by atoms with Crippen molar-refractivity contribution >= 4 is 17.3 Å². The van der Waals surface area contributed by atoms with Crippen LogP contribution in [-0.4, -0.2) is 37.6 Å². The number of rotatable bonds is 4. The first-order valence-corrected chi connectivity index (χ1v) is 7.32. The van der Waals surface area contributed by atoms with Gasteiger partial charge in [-0.25, -0.2) is 0 Å². The number of hydrogen-bond acceptors (Lipinski definition) is 2. The topological polar surface area (TPSA) is 6.48 Å². The Morgan fingerprint density at radius 1 is 1.17 bits per heavy atom. The molecule has 1 heterocycles. The molecule has 18 heavy (non-hydrogen) atoms. The van der Waals surface area contributed by atoms with Gasteiger partial charge in [-0.05, 0) is 31.5 Å². The van der Waals surface area contributed by atoms with Crippen molar-refractivity contribution in [2.24, 2.45) is 0 Å². The van der Waals surface area contributed by atoms with Gasteiger partial charge in [-0.1, -0.05) is 37.1 Å². The smallest absolute Gasteiger partial charge is 0.0668 e. The lowest BCUT2D eigenvalue weighted by Crippen LogP contribution is -2.46. The van der Waals surface area contributed by atoms with Gasteiger partial charge in [-0.2, -0.15) is 0 Å². The largest absolute Gasteiger partial charge is 0.368 e. The van der Waals surface area contributed by atoms with E-state index in [1.807, 2.05) is 0 Å². The molecule has 0 saturated carbocycles. The first-order valence-electron chi connectivity index (χ1n) is 6.94. The van der Waals surface area contributed by atoms with Crippen LogP contribution in [0.25, 0.3) is 0 Å². The van der Waals surface area contributed by atoms with E-state index in [1.54, 1.807) is 0 Å². The molecule has 0 aliphatic carbocycles. The van der Waals surface area contributed by atoms with Gasteiger partial charge in [0.1, 0.15) is 0 Å². The van der Waals surface area contributed by atoms with Crippen molar-refractivity contribution in [1.29, 1.82) is 0 Å². The molecule has 3 heteroatoms. The number of unbranched alkanes of at least 4 members (excludes halogenated alkanes) is 1. The lowest BCUT2D eigenvalue weighted by atomic mass is 10.2. The molecule has 2 nitrogen and oxygen atoms in total. The highest BCUT2D eigenvalue weighted by atomic mass is 35.5. The lowest BCUT2D eigenvalue weighted by Gasteiger charge is -2.36. The molecule has 1 fully saturated rings. The molecule has 0 atom stereocenters. The van der Waals surface area contributed by atoms with Gasteiger partial charge < -0.3 is 4.90 Å². The van der Waals surface area contributed by atoms with Gasteiger partial charge in [0.05, 0.1) is 10.7 Å². The van der Waals surface area contributed by atoms with E-state index in [1.165, 1.54) is 30.6 Å². The van der Waals surface area contributed by atoms with Crippen molar-refractivity contribution in [2.75, 3.05) is 37.6 Å². The molecule has 1 aliphatic heterocycles. The van der Waals surface area contributed by atoms with E-state index in [0.29, 0.717) is 0 Å². The van der Waals surface area contributed by atoms with Gasteiger partial charge in [0.15, 0.2) is 0 Å². The van der Waals surface area contributed by atoms with Crippen LogP contribution in [0.4, 0.5) is 5.69 Å². The van der Waals surface area contributed by atoms with Gasteiger partial charge in [0, 0.05) is 26.2 Å². The number of hydrogen-bond donors (Lipinski definition) is 0. The quantitative estimate of drug-likeness (QED) is 0.822. The van der Waals surface area contributed by atoms with Gasteiger partial charge in [-0.3, -0.25) is 4.90 Å². The Morgan fingerprint density at radius 2 is 1.89 bits per heavy atom. The standard InChI is InChI=1S/C15H23ClN2/c1-3-4-8-17-9-11-18(12-10-17)14-7-5-6-13(2)15(14)16/h5-7H,3-4,8-12H2,1-2H3. The fourth-order valence-corrected chi connectivity index (χ4v) is 2.72. The third-order valence-electron chi connectivity index (χ3n) is 3.71. The Labute approximate surface area is 116 Å². The molecule has 0 radical (unpaired) electrons. The van der Waals surface area contributed by atoms with Crippen molar-refractivity contribution in [3.05, 3.63) is 28.8 Å². The van der Waals surface area contributed by atoms with Crippen LogP contribution in [-0.2, 0) is 0 Å². The number of halogens is 1. The number of anilines is 1. The molecule has 0 aromatic heterocycles. The minimum atomic E-state index is 0.916. The van der Waals surface area contributed by atoms with E-state index in [0.717, 1.165) is 31.2 Å². The van der Waals surface area contributed by atoms with Gasteiger partial charge >= 0.3 is 0 Å². The highest BCUT2D eigenvalue weighted by Gasteiger charge is 2.18. The first kappa shape index (κ1) is 13.7. The summed E-state index contributed by atoms with van der Waals surface area (Å²) < 4.78 is 0. The molecule has 1 aliphatic rings. The second kappa shape index (κ2) is 6.44. The molecule has 100 valence electrons. The maximum absolute atomic E-state index is 6.39. The summed E-state index contributed by atoms with van der Waals surface area (Å²) in [6.07, 6.45) is 2.59. The average Bonchev–Trinajstić information content (AvgIpc) is 2.40. The van der Waals surface area contributed by atoms with Crippen molar-refractivity contribution in [1.82, 2.24) is 4.90 Å². The summed E-state index contributed by atoms with van der Waals surface area (Å²) in [6.45, 7) is 10.1. The predicted molar refractivity (Wildman–Crippen MR) is 79.8 cm³/mol. The third kappa shape index (κ3) is 3.18. The van der Waals surface area contributed by atoms with E-state index in [9.17, 15) is 0 Å². The molecule has 0 spiro atoms. The highest BCUT2D eigenvalue weighted by Crippen LogP contribution is 2.29. The van der Waals surface area contributed by atoms with Crippen molar-refractivity contribution < 1.29 is 0 Å². The fourth-order valence-electron chi connectivity index (χ4n) is 2.47. The predicted octanol–water partition coefficient (Wildman–Crippen LogP) is 3.57. The minimum absolute atomic E-state index is 0.916. The van der Waals surface area contributed by atoms with Crippen molar-refractivity contribution in [3.8, 4) is 0 Å². The molecule has 0 amide bonds. The molecule has 1 aromatic carbocycles. The summed E-state index contributed by atoms with van der Waals surface area (Å²) in [5, 5.41) is 0.916. The molecule has 2 rings (SSSR count). The molecule has 1 aromatic rings. The molecule has 0 bridgehead atoms. The zero-order valence-corrected chi connectivity index (χ0v) is 12.2. The van der Waals surface area contributed by atoms with Crippen LogP contribution in [0.2, 0.25) is 5.02 Å². The van der Waals surface area contributed by atoms with Crippen LogP contribution in [0.15, 0.2) is 18.2 Å². The molecule has 1 saturated heterocycles. The maximum atomic E-state index is 6.39. The zero-order chi connectivity index (χ0) is 13.0.